The number of carbonyl (C=O) groups excluding carboxylic acids is 3. The Balaban J connectivity index is 2.63. The quantitative estimate of drug-likeness (QED) is 0.233. The van der Waals surface area contributed by atoms with Gasteiger partial charge in [-0.25, -0.2) is 9.78 Å². The second kappa shape index (κ2) is 16.5. The molecule has 1 aromatic rings. The van der Waals surface area contributed by atoms with Crippen LogP contribution in [0.5, 0.6) is 0 Å². The van der Waals surface area contributed by atoms with Crippen LogP contribution in [0.15, 0.2) is 18.3 Å². The van der Waals surface area contributed by atoms with Gasteiger partial charge in [-0.2, -0.15) is 0 Å². The Hall–Kier alpha value is -2.39. The van der Waals surface area contributed by atoms with Gasteiger partial charge in [-0.3, -0.25) is 9.59 Å². The van der Waals surface area contributed by atoms with Crippen molar-refractivity contribution in [1.82, 2.24) is 20.1 Å². The highest BCUT2D eigenvalue weighted by molar-refractivity contribution is 6.29. The normalized spacial score (nSPS) is 11.7. The summed E-state index contributed by atoms with van der Waals surface area (Å²) < 4.78 is 11.3. The number of nitrogens with one attached hydrogen (secondary N) is 1. The number of rotatable bonds is 15. The van der Waals surface area contributed by atoms with Crippen molar-refractivity contribution in [3.8, 4) is 0 Å². The van der Waals surface area contributed by atoms with Crippen LogP contribution in [0.1, 0.15) is 90.9 Å². The maximum Gasteiger partial charge on any atom is 0.410 e. The molecule has 0 unspecified atom stereocenters. The molecule has 1 aromatic heterocycles. The first-order valence-electron chi connectivity index (χ1n) is 13.5. The SMILES string of the molecule is CCCCN(CCCCN(CCCNC(=O)c1ccc(Cl)nc1)C(=O)COC(C)(C)C)C(=O)OC(C)(C)C. The van der Waals surface area contributed by atoms with E-state index in [0.717, 1.165) is 25.7 Å². The molecule has 216 valence electrons. The van der Waals surface area contributed by atoms with Crippen molar-refractivity contribution in [2.24, 2.45) is 0 Å². The molecule has 1 rings (SSSR count). The summed E-state index contributed by atoms with van der Waals surface area (Å²) in [5.74, 6) is -0.333. The average Bonchev–Trinajstić information content (AvgIpc) is 2.81. The predicted molar refractivity (Wildman–Crippen MR) is 150 cm³/mol. The molecule has 10 heteroatoms. The van der Waals surface area contributed by atoms with Crippen molar-refractivity contribution in [2.45, 2.75) is 91.8 Å². The zero-order valence-corrected chi connectivity index (χ0v) is 25.0. The minimum atomic E-state index is -0.544. The van der Waals surface area contributed by atoms with Crippen molar-refractivity contribution in [3.63, 3.8) is 0 Å². The number of pyridine rings is 1. The van der Waals surface area contributed by atoms with Gasteiger partial charge in [0.2, 0.25) is 5.91 Å². The number of ether oxygens (including phenoxy) is 2. The molecule has 0 saturated heterocycles. The lowest BCUT2D eigenvalue weighted by molar-refractivity contribution is -0.141. The monoisotopic (exact) mass is 554 g/mol. The summed E-state index contributed by atoms with van der Waals surface area (Å²) in [5.41, 5.74) is -0.537. The zero-order chi connectivity index (χ0) is 28.8. The molecule has 9 nitrogen and oxygen atoms in total. The molecule has 0 radical (unpaired) electrons. The summed E-state index contributed by atoms with van der Waals surface area (Å²) in [6.07, 6.45) is 5.09. The van der Waals surface area contributed by atoms with E-state index in [1.165, 1.54) is 6.20 Å². The number of unbranched alkanes of at least 4 members (excludes halogenated alkanes) is 2. The summed E-state index contributed by atoms with van der Waals surface area (Å²) in [5, 5.41) is 3.18. The lowest BCUT2D eigenvalue weighted by Crippen LogP contribution is -2.40. The van der Waals surface area contributed by atoms with E-state index in [1.807, 2.05) is 41.5 Å². The summed E-state index contributed by atoms with van der Waals surface area (Å²) in [4.78, 5) is 45.3. The minimum Gasteiger partial charge on any atom is -0.444 e. The Labute approximate surface area is 233 Å². The first kappa shape index (κ1) is 33.6. The van der Waals surface area contributed by atoms with Crippen LogP contribution in [0.2, 0.25) is 5.15 Å². The second-order valence-electron chi connectivity index (χ2n) is 11.3. The third-order valence-electron chi connectivity index (χ3n) is 5.40. The van der Waals surface area contributed by atoms with Crippen LogP contribution in [0.25, 0.3) is 0 Å². The Morgan fingerprint density at radius 1 is 0.895 bits per heavy atom. The molecule has 0 aliphatic rings. The zero-order valence-electron chi connectivity index (χ0n) is 24.3. The predicted octanol–water partition coefficient (Wildman–Crippen LogP) is 5.32. The van der Waals surface area contributed by atoms with E-state index in [9.17, 15) is 14.4 Å². The molecule has 0 aliphatic heterocycles. The molecule has 0 fully saturated rings. The molecule has 1 heterocycles. The van der Waals surface area contributed by atoms with Gasteiger partial charge in [0.15, 0.2) is 0 Å². The lowest BCUT2D eigenvalue weighted by atomic mass is 10.2. The fourth-order valence-electron chi connectivity index (χ4n) is 3.39. The summed E-state index contributed by atoms with van der Waals surface area (Å²) in [7, 11) is 0. The van der Waals surface area contributed by atoms with Gasteiger partial charge >= 0.3 is 6.09 Å². The fourth-order valence-corrected chi connectivity index (χ4v) is 3.50. The lowest BCUT2D eigenvalue weighted by Gasteiger charge is -2.28. The largest absolute Gasteiger partial charge is 0.444 e. The summed E-state index contributed by atoms with van der Waals surface area (Å²) in [6.45, 7) is 16.1. The van der Waals surface area contributed by atoms with Gasteiger partial charge in [0, 0.05) is 38.9 Å². The number of halogens is 1. The molecule has 0 aromatic carbocycles. The first-order valence-corrected chi connectivity index (χ1v) is 13.9. The van der Waals surface area contributed by atoms with Crippen LogP contribution < -0.4 is 5.32 Å². The number of amides is 3. The number of nitrogens with zero attached hydrogens (tertiary/aromatic N) is 3. The number of hydrogen-bond donors (Lipinski definition) is 1. The maximum absolute atomic E-state index is 12.9. The van der Waals surface area contributed by atoms with Gasteiger partial charge in [0.05, 0.1) is 11.2 Å². The maximum atomic E-state index is 12.9. The van der Waals surface area contributed by atoms with Crippen molar-refractivity contribution < 1.29 is 23.9 Å². The number of hydrogen-bond acceptors (Lipinski definition) is 6. The first-order chi connectivity index (χ1) is 17.7. The minimum absolute atomic E-state index is 0.00711. The van der Waals surface area contributed by atoms with Crippen LogP contribution >= 0.6 is 11.6 Å². The highest BCUT2D eigenvalue weighted by Gasteiger charge is 2.22. The number of carbonyl (C=O) groups is 3. The van der Waals surface area contributed by atoms with Crippen LogP contribution in [-0.4, -0.2) is 83.2 Å². The average molecular weight is 555 g/mol. The Kier molecular flexibility index (Phi) is 14.6. The van der Waals surface area contributed by atoms with E-state index in [-0.39, 0.29) is 24.5 Å². The van der Waals surface area contributed by atoms with E-state index >= 15 is 0 Å². The van der Waals surface area contributed by atoms with Gasteiger partial charge in [-0.15, -0.1) is 0 Å². The summed E-state index contributed by atoms with van der Waals surface area (Å²) >= 11 is 5.78. The van der Waals surface area contributed by atoms with E-state index in [0.29, 0.717) is 49.9 Å². The molecule has 0 aliphatic carbocycles. The molecule has 0 atom stereocenters. The van der Waals surface area contributed by atoms with Gasteiger partial charge in [-0.1, -0.05) is 24.9 Å². The van der Waals surface area contributed by atoms with Crippen LogP contribution in [0.4, 0.5) is 4.79 Å². The Morgan fingerprint density at radius 2 is 1.50 bits per heavy atom. The summed E-state index contributed by atoms with van der Waals surface area (Å²) in [6, 6.07) is 3.18. The molecule has 1 N–H and O–H groups in total. The van der Waals surface area contributed by atoms with Crippen molar-refractivity contribution in [1.29, 1.82) is 0 Å². The third-order valence-corrected chi connectivity index (χ3v) is 5.62. The highest BCUT2D eigenvalue weighted by atomic mass is 35.5. The molecular formula is C28H47ClN4O5. The van der Waals surface area contributed by atoms with E-state index in [2.05, 4.69) is 17.2 Å². The standard InChI is InChI=1S/C28H47ClN4O5/c1-8-9-16-33(26(36)38-28(5,6)7)18-11-10-17-32(24(34)21-37-27(2,3)4)19-12-15-30-25(35)22-13-14-23(29)31-20-22/h13-14,20H,8-12,15-19,21H2,1-7H3,(H,30,35). The van der Waals surface area contributed by atoms with Crippen LogP contribution in [0, 0.1) is 0 Å². The van der Waals surface area contributed by atoms with Crippen LogP contribution in [0.3, 0.4) is 0 Å². The van der Waals surface area contributed by atoms with Gasteiger partial charge in [0.1, 0.15) is 17.4 Å². The fraction of sp³-hybridized carbons (Fsp3) is 0.714. The van der Waals surface area contributed by atoms with E-state index in [4.69, 9.17) is 21.1 Å². The van der Waals surface area contributed by atoms with Gasteiger partial charge in [0.25, 0.3) is 5.91 Å². The van der Waals surface area contributed by atoms with Gasteiger partial charge in [-0.05, 0) is 79.4 Å². The Bertz CT molecular complexity index is 865. The third kappa shape index (κ3) is 15.1. The molecule has 3 amide bonds. The molecule has 0 bridgehead atoms. The van der Waals surface area contributed by atoms with Crippen molar-refractivity contribution in [2.75, 3.05) is 39.3 Å². The molecular weight excluding hydrogens is 508 g/mol. The molecule has 38 heavy (non-hydrogen) atoms. The highest BCUT2D eigenvalue weighted by Crippen LogP contribution is 2.12. The topological polar surface area (TPSA) is 101 Å². The molecule has 0 spiro atoms. The Morgan fingerprint density at radius 3 is 2.05 bits per heavy atom. The molecule has 0 saturated carbocycles. The van der Waals surface area contributed by atoms with Crippen molar-refractivity contribution in [3.05, 3.63) is 29.0 Å². The van der Waals surface area contributed by atoms with Gasteiger partial charge < -0.3 is 24.6 Å². The second-order valence-corrected chi connectivity index (χ2v) is 11.7. The smallest absolute Gasteiger partial charge is 0.410 e. The van der Waals surface area contributed by atoms with E-state index < -0.39 is 11.2 Å². The van der Waals surface area contributed by atoms with E-state index in [1.54, 1.807) is 21.9 Å². The number of aromatic nitrogens is 1. The van der Waals surface area contributed by atoms with Crippen LogP contribution in [-0.2, 0) is 14.3 Å². The van der Waals surface area contributed by atoms with Crippen molar-refractivity contribution >= 4 is 29.5 Å².